The molecule has 0 aliphatic carbocycles. The molecule has 0 spiro atoms. The fourth-order valence-corrected chi connectivity index (χ4v) is 4.70. The fourth-order valence-electron chi connectivity index (χ4n) is 4.45. The highest BCUT2D eigenvalue weighted by molar-refractivity contribution is 6.33. The molecule has 0 bridgehead atoms. The molecular formula is C27H26ClN5O. The van der Waals surface area contributed by atoms with Gasteiger partial charge in [-0.25, -0.2) is 0 Å². The lowest BCUT2D eigenvalue weighted by molar-refractivity contribution is 0.0947. The number of carbonyl (C=O) groups excluding carboxylic acids is 1. The Kier molecular flexibility index (Phi) is 6.32. The molecular weight excluding hydrogens is 446 g/mol. The van der Waals surface area contributed by atoms with Crippen molar-refractivity contribution >= 4 is 39.8 Å². The average Bonchev–Trinajstić information content (AvgIpc) is 2.87. The summed E-state index contributed by atoms with van der Waals surface area (Å²) in [6.45, 7) is 5.74. The van der Waals surface area contributed by atoms with Gasteiger partial charge in [-0.2, -0.15) is 0 Å². The average molecular weight is 472 g/mol. The molecule has 7 heteroatoms. The van der Waals surface area contributed by atoms with Crippen molar-refractivity contribution in [1.82, 2.24) is 15.5 Å². The van der Waals surface area contributed by atoms with Crippen LogP contribution in [0.3, 0.4) is 0 Å². The van der Waals surface area contributed by atoms with Crippen molar-refractivity contribution in [2.75, 3.05) is 36.0 Å². The summed E-state index contributed by atoms with van der Waals surface area (Å²) in [5.41, 5.74) is 3.62. The lowest BCUT2D eigenvalue weighted by Gasteiger charge is -2.37. The minimum Gasteiger partial charge on any atom is -0.367 e. The molecule has 34 heavy (non-hydrogen) atoms. The van der Waals surface area contributed by atoms with Gasteiger partial charge in [-0.3, -0.25) is 4.79 Å². The smallest absolute Gasteiger partial charge is 0.272 e. The maximum absolute atomic E-state index is 13.0. The van der Waals surface area contributed by atoms with E-state index in [0.717, 1.165) is 64.6 Å². The monoisotopic (exact) mass is 471 g/mol. The molecule has 5 rings (SSSR count). The van der Waals surface area contributed by atoms with Gasteiger partial charge in [0.15, 0.2) is 11.5 Å². The van der Waals surface area contributed by atoms with Gasteiger partial charge in [0.2, 0.25) is 0 Å². The molecule has 2 heterocycles. The topological polar surface area (TPSA) is 61.4 Å². The van der Waals surface area contributed by atoms with Crippen LogP contribution in [0.25, 0.3) is 10.8 Å². The van der Waals surface area contributed by atoms with Gasteiger partial charge >= 0.3 is 0 Å². The van der Waals surface area contributed by atoms with E-state index >= 15 is 0 Å². The van der Waals surface area contributed by atoms with E-state index in [2.05, 4.69) is 37.4 Å². The van der Waals surface area contributed by atoms with Crippen LogP contribution in [0.2, 0.25) is 5.02 Å². The van der Waals surface area contributed by atoms with Crippen molar-refractivity contribution in [3.05, 3.63) is 94.6 Å². The number of aryl methyl sites for hydroxylation is 1. The van der Waals surface area contributed by atoms with E-state index in [0.29, 0.717) is 12.2 Å². The number of nitrogens with zero attached hydrogens (tertiary/aromatic N) is 4. The van der Waals surface area contributed by atoms with E-state index < -0.39 is 0 Å². The van der Waals surface area contributed by atoms with Gasteiger partial charge in [0.05, 0.1) is 10.7 Å². The standard InChI is InChI=1S/C27H26ClN5O/c1-19-7-6-8-20(17-19)18-29-27(34)25-21-9-2-3-10-22(21)26(31-30-25)33-15-13-32(14-16-33)24-12-5-4-11-23(24)28/h2-12,17H,13-16,18H2,1H3,(H,29,34). The number of nitrogens with one attached hydrogen (secondary N) is 1. The number of carbonyl (C=O) groups is 1. The van der Waals surface area contributed by atoms with Crippen molar-refractivity contribution in [3.63, 3.8) is 0 Å². The number of aromatic nitrogens is 2. The van der Waals surface area contributed by atoms with Crippen LogP contribution in [0.4, 0.5) is 11.5 Å². The van der Waals surface area contributed by atoms with E-state index in [1.54, 1.807) is 0 Å². The summed E-state index contributed by atoms with van der Waals surface area (Å²) in [6.07, 6.45) is 0. The summed E-state index contributed by atoms with van der Waals surface area (Å²) in [6, 6.07) is 23.9. The summed E-state index contributed by atoms with van der Waals surface area (Å²) < 4.78 is 0. The zero-order valence-corrected chi connectivity index (χ0v) is 19.8. The lowest BCUT2D eigenvalue weighted by Crippen LogP contribution is -2.47. The van der Waals surface area contributed by atoms with Gasteiger partial charge in [-0.15, -0.1) is 10.2 Å². The highest BCUT2D eigenvalue weighted by atomic mass is 35.5. The number of piperazine rings is 1. The predicted octanol–water partition coefficient (Wildman–Crippen LogP) is 4.85. The number of halogens is 1. The van der Waals surface area contributed by atoms with Crippen LogP contribution in [0.15, 0.2) is 72.8 Å². The molecule has 172 valence electrons. The number of benzene rings is 3. The van der Waals surface area contributed by atoms with Gasteiger partial charge < -0.3 is 15.1 Å². The van der Waals surface area contributed by atoms with Crippen molar-refractivity contribution in [3.8, 4) is 0 Å². The molecule has 0 atom stereocenters. The summed E-state index contributed by atoms with van der Waals surface area (Å²) >= 11 is 6.39. The quantitative estimate of drug-likeness (QED) is 0.451. The molecule has 0 unspecified atom stereocenters. The zero-order chi connectivity index (χ0) is 23.5. The first kappa shape index (κ1) is 22.2. The second-order valence-electron chi connectivity index (χ2n) is 8.52. The Labute approximate surface area is 204 Å². The third-order valence-corrected chi connectivity index (χ3v) is 6.51. The van der Waals surface area contributed by atoms with E-state index in [1.807, 2.05) is 67.6 Å². The molecule has 1 aliphatic heterocycles. The molecule has 6 nitrogen and oxygen atoms in total. The highest BCUT2D eigenvalue weighted by Crippen LogP contribution is 2.30. The number of amides is 1. The maximum atomic E-state index is 13.0. The predicted molar refractivity (Wildman–Crippen MR) is 138 cm³/mol. The number of rotatable bonds is 5. The van der Waals surface area contributed by atoms with E-state index in [-0.39, 0.29) is 5.91 Å². The second-order valence-corrected chi connectivity index (χ2v) is 8.92. The van der Waals surface area contributed by atoms with Gasteiger partial charge in [0, 0.05) is 43.5 Å². The largest absolute Gasteiger partial charge is 0.367 e. The van der Waals surface area contributed by atoms with Gasteiger partial charge in [0.25, 0.3) is 5.91 Å². The van der Waals surface area contributed by atoms with Gasteiger partial charge in [-0.1, -0.05) is 77.8 Å². The third kappa shape index (κ3) is 4.54. The van der Waals surface area contributed by atoms with Gasteiger partial charge in [0.1, 0.15) is 0 Å². The lowest BCUT2D eigenvalue weighted by atomic mass is 10.1. The normalized spacial score (nSPS) is 13.8. The van der Waals surface area contributed by atoms with Crippen LogP contribution < -0.4 is 15.1 Å². The van der Waals surface area contributed by atoms with E-state index in [1.165, 1.54) is 0 Å². The number of fused-ring (bicyclic) bond motifs is 1. The van der Waals surface area contributed by atoms with Crippen LogP contribution in [-0.2, 0) is 6.54 Å². The first-order valence-corrected chi connectivity index (χ1v) is 11.8. The van der Waals surface area contributed by atoms with Crippen LogP contribution in [0, 0.1) is 6.92 Å². The number of hydrogen-bond donors (Lipinski definition) is 1. The number of anilines is 2. The fraction of sp³-hybridized carbons (Fsp3) is 0.222. The highest BCUT2D eigenvalue weighted by Gasteiger charge is 2.23. The molecule has 1 amide bonds. The van der Waals surface area contributed by atoms with Crippen LogP contribution in [-0.4, -0.2) is 42.3 Å². The SMILES string of the molecule is Cc1cccc(CNC(=O)c2nnc(N3CCN(c4ccccc4Cl)CC3)c3ccccc23)c1. The summed E-state index contributed by atoms with van der Waals surface area (Å²) in [5.74, 6) is 0.588. The van der Waals surface area contributed by atoms with Crippen molar-refractivity contribution in [2.45, 2.75) is 13.5 Å². The molecule has 1 aromatic heterocycles. The summed E-state index contributed by atoms with van der Waals surface area (Å²) in [4.78, 5) is 17.5. The summed E-state index contributed by atoms with van der Waals surface area (Å²) in [5, 5.41) is 14.4. The van der Waals surface area contributed by atoms with Crippen molar-refractivity contribution < 1.29 is 4.79 Å². The Morgan fingerprint density at radius 3 is 2.35 bits per heavy atom. The van der Waals surface area contributed by atoms with Crippen LogP contribution >= 0.6 is 11.6 Å². The van der Waals surface area contributed by atoms with Gasteiger partial charge in [-0.05, 0) is 24.6 Å². The summed E-state index contributed by atoms with van der Waals surface area (Å²) in [7, 11) is 0. The second kappa shape index (κ2) is 9.69. The van der Waals surface area contributed by atoms with Crippen molar-refractivity contribution in [1.29, 1.82) is 0 Å². The maximum Gasteiger partial charge on any atom is 0.272 e. The Bertz CT molecular complexity index is 1330. The van der Waals surface area contributed by atoms with Crippen LogP contribution in [0.1, 0.15) is 21.6 Å². The van der Waals surface area contributed by atoms with Crippen LogP contribution in [0.5, 0.6) is 0 Å². The Morgan fingerprint density at radius 1 is 0.882 bits per heavy atom. The molecule has 3 aromatic carbocycles. The van der Waals surface area contributed by atoms with E-state index in [4.69, 9.17) is 11.6 Å². The Hall–Kier alpha value is -3.64. The first-order valence-electron chi connectivity index (χ1n) is 11.4. The minimum absolute atomic E-state index is 0.222. The zero-order valence-electron chi connectivity index (χ0n) is 19.0. The Morgan fingerprint density at radius 2 is 1.59 bits per heavy atom. The molecule has 0 radical (unpaired) electrons. The molecule has 1 aliphatic rings. The van der Waals surface area contributed by atoms with Crippen molar-refractivity contribution in [2.24, 2.45) is 0 Å². The third-order valence-electron chi connectivity index (χ3n) is 6.19. The van der Waals surface area contributed by atoms with E-state index in [9.17, 15) is 4.79 Å². The molecule has 1 fully saturated rings. The first-order chi connectivity index (χ1) is 16.6. The Balaban J connectivity index is 1.34. The molecule has 1 N–H and O–H groups in total. The molecule has 1 saturated heterocycles. The molecule has 0 saturated carbocycles. The number of hydrogen-bond acceptors (Lipinski definition) is 5. The minimum atomic E-state index is -0.222. The number of para-hydroxylation sites is 1. The molecule has 4 aromatic rings.